The third-order valence-corrected chi connectivity index (χ3v) is 1.16. The average molecular weight is 158 g/mol. The molecule has 0 aromatic rings. The number of guanidine groups is 1. The van der Waals surface area contributed by atoms with Gasteiger partial charge >= 0.3 is 0 Å². The highest BCUT2D eigenvalue weighted by Gasteiger charge is 1.97. The van der Waals surface area contributed by atoms with E-state index in [-0.39, 0.29) is 12.0 Å². The summed E-state index contributed by atoms with van der Waals surface area (Å²) in [4.78, 5) is 13.8. The van der Waals surface area contributed by atoms with E-state index in [2.05, 4.69) is 4.99 Å². The van der Waals surface area contributed by atoms with Crippen LogP contribution in [0.5, 0.6) is 0 Å². The van der Waals surface area contributed by atoms with Gasteiger partial charge in [-0.15, -0.1) is 0 Å². The summed E-state index contributed by atoms with van der Waals surface area (Å²) in [6.45, 7) is 0.532. The van der Waals surface area contributed by atoms with Gasteiger partial charge in [0.25, 0.3) is 0 Å². The van der Waals surface area contributed by atoms with Crippen molar-refractivity contribution < 1.29 is 4.79 Å². The predicted molar refractivity (Wildman–Crippen MR) is 44.0 cm³/mol. The Kier molecular flexibility index (Phi) is 5.10. The summed E-state index contributed by atoms with van der Waals surface area (Å²) in [7, 11) is 0. The normalized spacial score (nSPS) is 12.1. The Morgan fingerprint density at radius 3 is 2.64 bits per heavy atom. The molecular formula is C6H14N4O. The van der Waals surface area contributed by atoms with Gasteiger partial charge in [-0.05, 0) is 12.8 Å². The van der Waals surface area contributed by atoms with Gasteiger partial charge < -0.3 is 22.0 Å². The summed E-state index contributed by atoms with van der Waals surface area (Å²) >= 11 is 0. The Hall–Kier alpha value is -1.10. The van der Waals surface area contributed by atoms with Crippen molar-refractivity contribution in [3.05, 3.63) is 0 Å². The molecule has 0 aromatic carbocycles. The average Bonchev–Trinajstić information content (AvgIpc) is 1.97. The lowest BCUT2D eigenvalue weighted by Crippen LogP contribution is -2.24. The molecule has 0 radical (unpaired) electrons. The third-order valence-electron chi connectivity index (χ3n) is 1.16. The lowest BCUT2D eigenvalue weighted by Gasteiger charge is -2.00. The zero-order valence-corrected chi connectivity index (χ0v) is 6.36. The molecule has 0 amide bonds. The van der Waals surface area contributed by atoms with Crippen molar-refractivity contribution in [2.45, 2.75) is 18.9 Å². The Bertz CT molecular complexity index is 142. The lowest BCUT2D eigenvalue weighted by atomic mass is 10.2. The van der Waals surface area contributed by atoms with Gasteiger partial charge in [-0.3, -0.25) is 4.99 Å². The van der Waals surface area contributed by atoms with Crippen LogP contribution in [0.3, 0.4) is 0 Å². The third kappa shape index (κ3) is 6.79. The van der Waals surface area contributed by atoms with Gasteiger partial charge in [-0.1, -0.05) is 0 Å². The van der Waals surface area contributed by atoms with Crippen LogP contribution in [0.4, 0.5) is 0 Å². The molecule has 5 nitrogen and oxygen atoms in total. The smallest absolute Gasteiger partial charge is 0.185 e. The van der Waals surface area contributed by atoms with E-state index in [1.807, 2.05) is 0 Å². The van der Waals surface area contributed by atoms with E-state index in [0.29, 0.717) is 13.0 Å². The van der Waals surface area contributed by atoms with Crippen LogP contribution in [-0.2, 0) is 4.79 Å². The van der Waals surface area contributed by atoms with E-state index in [9.17, 15) is 4.79 Å². The van der Waals surface area contributed by atoms with Gasteiger partial charge in [-0.25, -0.2) is 0 Å². The lowest BCUT2D eigenvalue weighted by molar-refractivity contribution is -0.109. The molecule has 6 N–H and O–H groups in total. The van der Waals surface area contributed by atoms with E-state index < -0.39 is 0 Å². The van der Waals surface area contributed by atoms with Crippen molar-refractivity contribution in [2.75, 3.05) is 6.54 Å². The fourth-order valence-electron chi connectivity index (χ4n) is 0.603. The minimum absolute atomic E-state index is 0.0738. The molecule has 0 aliphatic rings. The maximum atomic E-state index is 10.0. The van der Waals surface area contributed by atoms with Gasteiger partial charge in [0.2, 0.25) is 0 Å². The summed E-state index contributed by atoms with van der Waals surface area (Å²) in [6, 6.07) is -0.385. The van der Waals surface area contributed by atoms with E-state index in [1.165, 1.54) is 0 Å². The molecule has 0 saturated heterocycles. The van der Waals surface area contributed by atoms with Crippen molar-refractivity contribution in [1.29, 1.82) is 0 Å². The standard InChI is InChI=1S/C6H14N4O/c7-5(4-11)2-1-3-10-6(8)9/h4-5H,1-3,7H2,(H4,8,9,10). The Labute approximate surface area is 65.6 Å². The van der Waals surface area contributed by atoms with Crippen LogP contribution in [0.2, 0.25) is 0 Å². The van der Waals surface area contributed by atoms with Crippen LogP contribution in [0.1, 0.15) is 12.8 Å². The topological polar surface area (TPSA) is 107 Å². The number of rotatable bonds is 5. The van der Waals surface area contributed by atoms with Crippen LogP contribution in [0, 0.1) is 0 Å². The summed E-state index contributed by atoms with van der Waals surface area (Å²) in [6.07, 6.45) is 2.08. The highest BCUT2D eigenvalue weighted by Crippen LogP contribution is 1.91. The Balaban J connectivity index is 3.28. The fourth-order valence-corrected chi connectivity index (χ4v) is 0.603. The Morgan fingerprint density at radius 2 is 2.18 bits per heavy atom. The van der Waals surface area contributed by atoms with E-state index >= 15 is 0 Å². The molecule has 1 atom stereocenters. The number of nitrogens with zero attached hydrogens (tertiary/aromatic N) is 1. The monoisotopic (exact) mass is 158 g/mol. The largest absolute Gasteiger partial charge is 0.370 e. The number of nitrogens with two attached hydrogens (primary N) is 3. The fraction of sp³-hybridized carbons (Fsp3) is 0.667. The SMILES string of the molecule is NC(N)=NCCCC(N)C=O. The zero-order valence-electron chi connectivity index (χ0n) is 6.36. The molecule has 0 aliphatic heterocycles. The van der Waals surface area contributed by atoms with E-state index in [0.717, 1.165) is 12.7 Å². The molecule has 0 heterocycles. The molecule has 0 bridgehead atoms. The van der Waals surface area contributed by atoms with Crippen LogP contribution in [-0.4, -0.2) is 24.8 Å². The first-order chi connectivity index (χ1) is 5.16. The van der Waals surface area contributed by atoms with Crippen molar-refractivity contribution in [2.24, 2.45) is 22.2 Å². The summed E-state index contributed by atoms with van der Waals surface area (Å²) in [5.41, 5.74) is 15.4. The Morgan fingerprint density at radius 1 is 1.55 bits per heavy atom. The van der Waals surface area contributed by atoms with Gasteiger partial charge in [0.15, 0.2) is 5.96 Å². The van der Waals surface area contributed by atoms with Gasteiger partial charge in [0.1, 0.15) is 6.29 Å². The molecule has 64 valence electrons. The molecule has 0 fully saturated rings. The molecule has 11 heavy (non-hydrogen) atoms. The van der Waals surface area contributed by atoms with Gasteiger partial charge in [0, 0.05) is 6.54 Å². The first-order valence-corrected chi connectivity index (χ1v) is 3.43. The molecule has 5 heteroatoms. The van der Waals surface area contributed by atoms with Crippen LogP contribution >= 0.6 is 0 Å². The van der Waals surface area contributed by atoms with Crippen molar-refractivity contribution in [1.82, 2.24) is 0 Å². The second-order valence-electron chi connectivity index (χ2n) is 2.25. The number of aldehydes is 1. The van der Waals surface area contributed by atoms with E-state index in [4.69, 9.17) is 17.2 Å². The quantitative estimate of drug-likeness (QED) is 0.197. The minimum atomic E-state index is -0.385. The molecule has 0 rings (SSSR count). The number of carbonyl (C=O) groups is 1. The second-order valence-corrected chi connectivity index (χ2v) is 2.25. The molecular weight excluding hydrogens is 144 g/mol. The van der Waals surface area contributed by atoms with Crippen LogP contribution in [0.25, 0.3) is 0 Å². The first-order valence-electron chi connectivity index (χ1n) is 3.43. The highest BCUT2D eigenvalue weighted by molar-refractivity contribution is 5.75. The van der Waals surface area contributed by atoms with Crippen molar-refractivity contribution in [3.63, 3.8) is 0 Å². The zero-order chi connectivity index (χ0) is 8.69. The molecule has 0 aliphatic carbocycles. The number of hydrogen-bond donors (Lipinski definition) is 3. The van der Waals surface area contributed by atoms with Crippen LogP contribution < -0.4 is 17.2 Å². The van der Waals surface area contributed by atoms with Gasteiger partial charge in [-0.2, -0.15) is 0 Å². The maximum absolute atomic E-state index is 10.0. The predicted octanol–water partition coefficient (Wildman–Crippen LogP) is -1.43. The summed E-state index contributed by atoms with van der Waals surface area (Å²) in [5.74, 6) is 0.0738. The number of aliphatic imine (C=N–C) groups is 1. The van der Waals surface area contributed by atoms with E-state index in [1.54, 1.807) is 0 Å². The highest BCUT2D eigenvalue weighted by atomic mass is 16.1. The molecule has 0 saturated carbocycles. The molecule has 0 spiro atoms. The number of carbonyl (C=O) groups excluding carboxylic acids is 1. The van der Waals surface area contributed by atoms with Gasteiger partial charge in [0.05, 0.1) is 6.04 Å². The number of hydrogen-bond acceptors (Lipinski definition) is 3. The minimum Gasteiger partial charge on any atom is -0.370 e. The van der Waals surface area contributed by atoms with Crippen molar-refractivity contribution >= 4 is 12.2 Å². The van der Waals surface area contributed by atoms with Crippen LogP contribution in [0.15, 0.2) is 4.99 Å². The molecule has 0 aromatic heterocycles. The van der Waals surface area contributed by atoms with Crippen molar-refractivity contribution in [3.8, 4) is 0 Å². The first kappa shape index (κ1) is 9.90. The maximum Gasteiger partial charge on any atom is 0.185 e. The summed E-state index contributed by atoms with van der Waals surface area (Å²) < 4.78 is 0. The summed E-state index contributed by atoms with van der Waals surface area (Å²) in [5, 5.41) is 0. The molecule has 1 unspecified atom stereocenters. The second kappa shape index (κ2) is 5.67.